The molecule has 0 atom stereocenters. The van der Waals surface area contributed by atoms with Crippen LogP contribution in [0.25, 0.3) is 10.2 Å². The SMILES string of the molecule is O=C(NNc1nc2ccccc2s1)c1ccccc1Cl. The van der Waals surface area contributed by atoms with Crippen molar-refractivity contribution in [1.29, 1.82) is 0 Å². The number of rotatable bonds is 3. The fourth-order valence-electron chi connectivity index (χ4n) is 1.75. The van der Waals surface area contributed by atoms with Crippen molar-refractivity contribution in [2.45, 2.75) is 0 Å². The van der Waals surface area contributed by atoms with Crippen LogP contribution in [0.3, 0.4) is 0 Å². The summed E-state index contributed by atoms with van der Waals surface area (Å²) in [5.74, 6) is -0.296. The van der Waals surface area contributed by atoms with Crippen LogP contribution in [0.15, 0.2) is 48.5 Å². The lowest BCUT2D eigenvalue weighted by molar-refractivity contribution is 0.0963. The summed E-state index contributed by atoms with van der Waals surface area (Å²) in [6.45, 7) is 0. The summed E-state index contributed by atoms with van der Waals surface area (Å²) in [5, 5.41) is 1.04. The van der Waals surface area contributed by atoms with E-state index in [9.17, 15) is 4.79 Å². The molecular weight excluding hydrogens is 294 g/mol. The van der Waals surface area contributed by atoms with Gasteiger partial charge < -0.3 is 0 Å². The average molecular weight is 304 g/mol. The van der Waals surface area contributed by atoms with Gasteiger partial charge >= 0.3 is 0 Å². The molecule has 20 heavy (non-hydrogen) atoms. The number of thiazole rings is 1. The van der Waals surface area contributed by atoms with Crippen molar-refractivity contribution in [3.8, 4) is 0 Å². The molecule has 3 rings (SSSR count). The average Bonchev–Trinajstić information content (AvgIpc) is 2.88. The first-order chi connectivity index (χ1) is 9.74. The number of aromatic nitrogens is 1. The Morgan fingerprint density at radius 1 is 1.10 bits per heavy atom. The van der Waals surface area contributed by atoms with Gasteiger partial charge in [-0.3, -0.25) is 15.6 Å². The Bertz CT molecular complexity index is 739. The number of carbonyl (C=O) groups is 1. The Labute approximate surface area is 124 Å². The standard InChI is InChI=1S/C14H10ClN3OS/c15-10-6-2-1-5-9(10)13(19)17-18-14-16-11-7-3-4-8-12(11)20-14/h1-8H,(H,16,18)(H,17,19). The lowest BCUT2D eigenvalue weighted by Crippen LogP contribution is -2.29. The van der Waals surface area contributed by atoms with Gasteiger partial charge in [-0.15, -0.1) is 0 Å². The summed E-state index contributed by atoms with van der Waals surface area (Å²) in [5.41, 5.74) is 6.71. The molecule has 1 heterocycles. The Morgan fingerprint density at radius 2 is 1.85 bits per heavy atom. The zero-order valence-corrected chi connectivity index (χ0v) is 11.8. The molecule has 2 aromatic carbocycles. The first-order valence-electron chi connectivity index (χ1n) is 5.90. The molecular formula is C14H10ClN3OS. The molecule has 3 aromatic rings. The molecule has 0 spiro atoms. The normalized spacial score (nSPS) is 10.4. The van der Waals surface area contributed by atoms with E-state index in [0.717, 1.165) is 10.2 Å². The number of fused-ring (bicyclic) bond motifs is 1. The van der Waals surface area contributed by atoms with Crippen molar-refractivity contribution in [2.24, 2.45) is 0 Å². The fraction of sp³-hybridized carbons (Fsp3) is 0. The van der Waals surface area contributed by atoms with Gasteiger partial charge in [-0.05, 0) is 24.3 Å². The topological polar surface area (TPSA) is 54.0 Å². The zero-order valence-electron chi connectivity index (χ0n) is 10.3. The molecule has 0 aliphatic heterocycles. The van der Waals surface area contributed by atoms with E-state index in [1.807, 2.05) is 24.3 Å². The molecule has 100 valence electrons. The van der Waals surface area contributed by atoms with Crippen molar-refractivity contribution in [3.63, 3.8) is 0 Å². The van der Waals surface area contributed by atoms with Crippen LogP contribution in [0.4, 0.5) is 5.13 Å². The number of hydrogen-bond acceptors (Lipinski definition) is 4. The minimum atomic E-state index is -0.296. The van der Waals surface area contributed by atoms with E-state index < -0.39 is 0 Å². The Hall–Kier alpha value is -2.11. The monoisotopic (exact) mass is 303 g/mol. The molecule has 0 aliphatic rings. The summed E-state index contributed by atoms with van der Waals surface area (Å²) in [4.78, 5) is 16.3. The van der Waals surface area contributed by atoms with Gasteiger partial charge in [-0.1, -0.05) is 47.2 Å². The summed E-state index contributed by atoms with van der Waals surface area (Å²) >= 11 is 7.43. The molecule has 1 aromatic heterocycles. The minimum Gasteiger partial charge on any atom is -0.273 e. The van der Waals surface area contributed by atoms with Gasteiger partial charge in [-0.25, -0.2) is 4.98 Å². The molecule has 6 heteroatoms. The summed E-state index contributed by atoms with van der Waals surface area (Å²) in [6.07, 6.45) is 0. The van der Waals surface area contributed by atoms with Crippen LogP contribution in [-0.4, -0.2) is 10.9 Å². The molecule has 0 saturated carbocycles. The van der Waals surface area contributed by atoms with Gasteiger partial charge in [0.15, 0.2) is 0 Å². The maximum atomic E-state index is 12.0. The third kappa shape index (κ3) is 2.59. The van der Waals surface area contributed by atoms with E-state index in [2.05, 4.69) is 15.8 Å². The molecule has 0 radical (unpaired) electrons. The first kappa shape index (κ1) is 12.9. The highest BCUT2D eigenvalue weighted by Crippen LogP contribution is 2.24. The summed E-state index contributed by atoms with van der Waals surface area (Å²) < 4.78 is 1.06. The van der Waals surface area contributed by atoms with Gasteiger partial charge in [0, 0.05) is 0 Å². The molecule has 0 aliphatic carbocycles. The highest BCUT2D eigenvalue weighted by Gasteiger charge is 2.10. The van der Waals surface area contributed by atoms with E-state index in [4.69, 9.17) is 11.6 Å². The fourth-order valence-corrected chi connectivity index (χ4v) is 2.79. The number of carbonyl (C=O) groups excluding carboxylic acids is 1. The second-order valence-corrected chi connectivity index (χ2v) is 5.48. The van der Waals surface area contributed by atoms with Crippen molar-refractivity contribution in [2.75, 3.05) is 5.43 Å². The lowest BCUT2D eigenvalue weighted by Gasteiger charge is -2.06. The minimum absolute atomic E-state index is 0.296. The highest BCUT2D eigenvalue weighted by atomic mass is 35.5. The van der Waals surface area contributed by atoms with Crippen LogP contribution < -0.4 is 10.9 Å². The van der Waals surface area contributed by atoms with E-state index in [0.29, 0.717) is 15.7 Å². The smallest absolute Gasteiger partial charge is 0.271 e. The molecule has 0 fully saturated rings. The number of amides is 1. The molecule has 0 bridgehead atoms. The Balaban J connectivity index is 1.73. The summed E-state index contributed by atoms with van der Waals surface area (Å²) in [6, 6.07) is 14.7. The largest absolute Gasteiger partial charge is 0.273 e. The number of hydrogen-bond donors (Lipinski definition) is 2. The molecule has 0 saturated heterocycles. The number of hydrazine groups is 1. The van der Waals surface area contributed by atoms with Gasteiger partial charge in [0.2, 0.25) is 5.13 Å². The number of nitrogens with one attached hydrogen (secondary N) is 2. The van der Waals surface area contributed by atoms with E-state index in [1.165, 1.54) is 11.3 Å². The van der Waals surface area contributed by atoms with Crippen molar-refractivity contribution >= 4 is 44.2 Å². The van der Waals surface area contributed by atoms with Gasteiger partial charge in [0.1, 0.15) is 0 Å². The number of para-hydroxylation sites is 1. The Kier molecular flexibility index (Phi) is 3.54. The number of halogens is 1. The van der Waals surface area contributed by atoms with E-state index >= 15 is 0 Å². The molecule has 1 amide bonds. The molecule has 4 nitrogen and oxygen atoms in total. The van der Waals surface area contributed by atoms with Crippen molar-refractivity contribution in [1.82, 2.24) is 10.4 Å². The van der Waals surface area contributed by atoms with Crippen LogP contribution in [0.1, 0.15) is 10.4 Å². The van der Waals surface area contributed by atoms with Crippen LogP contribution in [0, 0.1) is 0 Å². The highest BCUT2D eigenvalue weighted by molar-refractivity contribution is 7.22. The van der Waals surface area contributed by atoms with Crippen LogP contribution in [0.5, 0.6) is 0 Å². The number of anilines is 1. The maximum Gasteiger partial charge on any atom is 0.271 e. The van der Waals surface area contributed by atoms with Crippen molar-refractivity contribution in [3.05, 3.63) is 59.1 Å². The second kappa shape index (κ2) is 5.48. The third-order valence-electron chi connectivity index (χ3n) is 2.70. The summed E-state index contributed by atoms with van der Waals surface area (Å²) in [7, 11) is 0. The maximum absolute atomic E-state index is 12.0. The van der Waals surface area contributed by atoms with Crippen LogP contribution in [0.2, 0.25) is 5.02 Å². The van der Waals surface area contributed by atoms with Crippen LogP contribution in [-0.2, 0) is 0 Å². The lowest BCUT2D eigenvalue weighted by atomic mass is 10.2. The zero-order chi connectivity index (χ0) is 13.9. The molecule has 2 N–H and O–H groups in total. The van der Waals surface area contributed by atoms with Crippen molar-refractivity contribution < 1.29 is 4.79 Å². The number of benzene rings is 2. The van der Waals surface area contributed by atoms with Crippen LogP contribution >= 0.6 is 22.9 Å². The predicted molar refractivity (Wildman–Crippen MR) is 82.2 cm³/mol. The molecule has 0 unspecified atom stereocenters. The van der Waals surface area contributed by atoms with Gasteiger partial charge in [-0.2, -0.15) is 0 Å². The second-order valence-electron chi connectivity index (χ2n) is 4.05. The van der Waals surface area contributed by atoms with Gasteiger partial charge in [0.25, 0.3) is 5.91 Å². The third-order valence-corrected chi connectivity index (χ3v) is 3.98. The van der Waals surface area contributed by atoms with E-state index in [-0.39, 0.29) is 5.91 Å². The predicted octanol–water partition coefficient (Wildman–Crippen LogP) is 3.71. The quantitative estimate of drug-likeness (QED) is 0.725. The van der Waals surface area contributed by atoms with Gasteiger partial charge in [0.05, 0.1) is 20.8 Å². The number of nitrogens with zero attached hydrogens (tertiary/aromatic N) is 1. The first-order valence-corrected chi connectivity index (χ1v) is 7.10. The van der Waals surface area contributed by atoms with E-state index in [1.54, 1.807) is 24.3 Å². The Morgan fingerprint density at radius 3 is 2.65 bits per heavy atom.